The van der Waals surface area contributed by atoms with Gasteiger partial charge in [0.2, 0.25) is 0 Å². The van der Waals surface area contributed by atoms with Gasteiger partial charge in [-0.3, -0.25) is 14.4 Å². The highest BCUT2D eigenvalue weighted by atomic mass is 19.1. The van der Waals surface area contributed by atoms with Crippen LogP contribution in [0.1, 0.15) is 74.8 Å². The van der Waals surface area contributed by atoms with Gasteiger partial charge in [-0.15, -0.1) is 0 Å². The third kappa shape index (κ3) is 8.74. The second kappa shape index (κ2) is 17.8. The Morgan fingerprint density at radius 2 is 1.11 bits per heavy atom. The van der Waals surface area contributed by atoms with E-state index in [0.29, 0.717) is 61.9 Å². The van der Waals surface area contributed by atoms with Crippen molar-refractivity contribution >= 4 is 50.5 Å². The van der Waals surface area contributed by atoms with Gasteiger partial charge >= 0.3 is 0 Å². The highest BCUT2D eigenvalue weighted by Gasteiger charge is 2.25. The lowest BCUT2D eigenvalue weighted by Gasteiger charge is -2.34. The first-order valence-electron chi connectivity index (χ1n) is 20.6. The number of nitrogens with one attached hydrogen (secondary N) is 3. The third-order valence-corrected chi connectivity index (χ3v) is 11.6. The molecule has 0 saturated carbocycles. The number of hydrogen-bond acceptors (Lipinski definition) is 11. The van der Waals surface area contributed by atoms with Crippen molar-refractivity contribution in [3.05, 3.63) is 116 Å². The molecule has 6 heterocycles. The van der Waals surface area contributed by atoms with Crippen molar-refractivity contribution in [1.29, 1.82) is 0 Å². The van der Waals surface area contributed by atoms with Crippen molar-refractivity contribution in [3.8, 4) is 22.3 Å². The van der Waals surface area contributed by atoms with Gasteiger partial charge in [0, 0.05) is 31.7 Å². The van der Waals surface area contributed by atoms with E-state index in [1.165, 1.54) is 12.1 Å². The minimum absolute atomic E-state index is 0.162. The van der Waals surface area contributed by atoms with E-state index in [4.69, 9.17) is 23.7 Å². The van der Waals surface area contributed by atoms with Crippen LogP contribution in [0.15, 0.2) is 79.1 Å². The van der Waals surface area contributed by atoms with Gasteiger partial charge in [0.1, 0.15) is 22.7 Å². The normalized spacial score (nSPS) is 15.2. The van der Waals surface area contributed by atoms with Crippen molar-refractivity contribution in [2.75, 3.05) is 26.2 Å². The summed E-state index contributed by atoms with van der Waals surface area (Å²) in [5.74, 6) is 1.97. The summed E-state index contributed by atoms with van der Waals surface area (Å²) < 4.78 is 39.8. The number of benzene rings is 4. The van der Waals surface area contributed by atoms with E-state index in [-0.39, 0.29) is 40.5 Å². The maximum Gasteiger partial charge on any atom is 0.290 e. The number of hydrogen-bond donors (Lipinski definition) is 4. The molecular weight excluding hydrogens is 799 g/mol. The standard InChI is InChI=1S/C24H25FN4O2.C21H19FN4O2.CH2O2/c1-13(2)29-8-6-15(7-9-29)23-27-20-5-4-16(10-18(20)24(30)28-23)17-11-19(25)22-21(12-17)31-14(3)26-22;1-11-24-19-16(22)9-14(10-18(19)28-11)13-2-3-17-15(8-13)21(27)26-20(25-17)12-4-6-23-7-5-12;2-1-3/h4-5,10-13,15H,6-9H2,1-3H3,(H,27,28,30);2-3,8-10,12,23H,4-7H2,1H3,(H,25,26,27);1H,(H,2,3). The number of fused-ring (bicyclic) bond motifs is 4. The molecule has 62 heavy (non-hydrogen) atoms. The van der Waals surface area contributed by atoms with Crippen molar-refractivity contribution in [3.63, 3.8) is 0 Å². The maximum atomic E-state index is 14.5. The van der Waals surface area contributed by atoms with Crippen LogP contribution in [-0.4, -0.2) is 78.6 Å². The number of H-pyrrole nitrogens is 2. The van der Waals surface area contributed by atoms with Crippen LogP contribution in [0.3, 0.4) is 0 Å². The number of likely N-dealkylation sites (tertiary alicyclic amines) is 1. The van der Waals surface area contributed by atoms with Gasteiger partial charge in [0.15, 0.2) is 34.6 Å². The number of halogens is 2. The van der Waals surface area contributed by atoms with Crippen molar-refractivity contribution < 1.29 is 27.5 Å². The molecule has 2 aliphatic rings. The number of rotatable bonds is 5. The van der Waals surface area contributed by atoms with Crippen LogP contribution < -0.4 is 16.4 Å². The molecule has 0 radical (unpaired) electrons. The summed E-state index contributed by atoms with van der Waals surface area (Å²) in [4.78, 5) is 59.9. The second-order valence-corrected chi connectivity index (χ2v) is 16.0. The summed E-state index contributed by atoms with van der Waals surface area (Å²) in [6.45, 7) is 11.4. The fourth-order valence-electron chi connectivity index (χ4n) is 8.38. The highest BCUT2D eigenvalue weighted by molar-refractivity contribution is 5.88. The molecule has 320 valence electrons. The molecule has 2 aliphatic heterocycles. The number of aryl methyl sites for hydroxylation is 2. The number of carboxylic acid groups (broad SMARTS) is 1. The van der Waals surface area contributed by atoms with E-state index in [2.05, 4.69) is 49.0 Å². The molecule has 16 heteroatoms. The van der Waals surface area contributed by atoms with Gasteiger partial charge in [-0.2, -0.15) is 0 Å². The van der Waals surface area contributed by atoms with Gasteiger partial charge in [-0.05, 0) is 136 Å². The van der Waals surface area contributed by atoms with E-state index >= 15 is 0 Å². The van der Waals surface area contributed by atoms with Crippen LogP contribution >= 0.6 is 0 Å². The van der Waals surface area contributed by atoms with E-state index in [1.807, 2.05) is 24.3 Å². The molecule has 2 fully saturated rings. The third-order valence-electron chi connectivity index (χ3n) is 11.6. The van der Waals surface area contributed by atoms with Crippen LogP contribution in [0.4, 0.5) is 8.78 Å². The van der Waals surface area contributed by atoms with Gasteiger partial charge < -0.3 is 34.1 Å². The first-order chi connectivity index (χ1) is 29.9. The quantitative estimate of drug-likeness (QED) is 0.122. The van der Waals surface area contributed by atoms with Gasteiger partial charge in [-0.1, -0.05) is 12.1 Å². The second-order valence-electron chi connectivity index (χ2n) is 16.0. The van der Waals surface area contributed by atoms with E-state index in [1.54, 1.807) is 38.1 Å². The van der Waals surface area contributed by atoms with Gasteiger partial charge in [-0.25, -0.2) is 28.7 Å². The van der Waals surface area contributed by atoms with Crippen LogP contribution in [-0.2, 0) is 4.79 Å². The summed E-state index contributed by atoms with van der Waals surface area (Å²) in [6, 6.07) is 17.7. The van der Waals surface area contributed by atoms with Crippen molar-refractivity contribution in [1.82, 2.24) is 40.1 Å². The molecule has 4 aromatic heterocycles. The molecule has 0 bridgehead atoms. The molecule has 14 nitrogen and oxygen atoms in total. The Balaban J connectivity index is 0.000000161. The molecular formula is C46H46F2N8O6. The summed E-state index contributed by atoms with van der Waals surface area (Å²) in [6.07, 6.45) is 3.89. The fourth-order valence-corrected chi connectivity index (χ4v) is 8.38. The molecule has 4 N–H and O–H groups in total. The zero-order chi connectivity index (χ0) is 43.7. The van der Waals surface area contributed by atoms with E-state index < -0.39 is 11.6 Å². The summed E-state index contributed by atoms with van der Waals surface area (Å²) >= 11 is 0. The van der Waals surface area contributed by atoms with Gasteiger partial charge in [0.25, 0.3) is 17.6 Å². The Labute approximate surface area is 353 Å². The zero-order valence-electron chi connectivity index (χ0n) is 34.7. The lowest BCUT2D eigenvalue weighted by atomic mass is 9.95. The molecule has 0 aliphatic carbocycles. The molecule has 0 unspecified atom stereocenters. The van der Waals surface area contributed by atoms with Crippen molar-refractivity contribution in [2.45, 2.75) is 71.3 Å². The molecule has 2 saturated heterocycles. The van der Waals surface area contributed by atoms with Crippen LogP contribution in [0.25, 0.3) is 66.3 Å². The summed E-state index contributed by atoms with van der Waals surface area (Å²) in [7, 11) is 0. The summed E-state index contributed by atoms with van der Waals surface area (Å²) in [5, 5.41) is 11.2. The minimum Gasteiger partial charge on any atom is -0.483 e. The smallest absolute Gasteiger partial charge is 0.290 e. The van der Waals surface area contributed by atoms with Gasteiger partial charge in [0.05, 0.1) is 21.8 Å². The largest absolute Gasteiger partial charge is 0.483 e. The Morgan fingerprint density at radius 3 is 1.55 bits per heavy atom. The average Bonchev–Trinajstić information content (AvgIpc) is 3.85. The lowest BCUT2D eigenvalue weighted by Crippen LogP contribution is -2.38. The predicted octanol–water partition coefficient (Wildman–Crippen LogP) is 8.11. The van der Waals surface area contributed by atoms with E-state index in [0.717, 1.165) is 74.6 Å². The number of aromatic amines is 2. The monoisotopic (exact) mass is 844 g/mol. The first kappa shape index (κ1) is 42.1. The van der Waals surface area contributed by atoms with Crippen molar-refractivity contribution in [2.24, 2.45) is 0 Å². The number of aromatic nitrogens is 6. The molecule has 0 spiro atoms. The highest BCUT2D eigenvalue weighted by Crippen LogP contribution is 2.32. The summed E-state index contributed by atoms with van der Waals surface area (Å²) in [5.41, 5.74) is 4.91. The zero-order valence-corrected chi connectivity index (χ0v) is 34.7. The molecule has 10 rings (SSSR count). The Bertz CT molecular complexity index is 3050. The molecule has 4 aromatic carbocycles. The molecule has 0 atom stereocenters. The van der Waals surface area contributed by atoms with Crippen LogP contribution in [0, 0.1) is 25.5 Å². The first-order valence-corrected chi connectivity index (χ1v) is 20.6. The topological polar surface area (TPSA) is 196 Å². The predicted molar refractivity (Wildman–Crippen MR) is 232 cm³/mol. The minimum atomic E-state index is -0.447. The molecule has 0 amide bonds. The number of carbonyl (C=O) groups is 1. The Morgan fingerprint density at radius 1 is 0.677 bits per heavy atom. The maximum absolute atomic E-state index is 14.5. The lowest BCUT2D eigenvalue weighted by molar-refractivity contribution is -0.122. The number of nitrogens with zero attached hydrogens (tertiary/aromatic N) is 5. The fraction of sp³-hybridized carbons (Fsp3) is 0.326. The van der Waals surface area contributed by atoms with Crippen LogP contribution in [0.5, 0.6) is 0 Å². The Kier molecular flexibility index (Phi) is 12.0. The average molecular weight is 845 g/mol. The SMILES string of the molecule is Cc1nc2c(F)cc(-c3ccc4nc(C5CCN(C(C)C)CC5)[nH]c(=O)c4c3)cc2o1.Cc1nc2c(F)cc(-c3ccc4nc(C5CCNCC5)[nH]c(=O)c4c3)cc2o1.O=CO. The molecule has 8 aromatic rings. The van der Waals surface area contributed by atoms with E-state index in [9.17, 15) is 18.4 Å². The van der Waals surface area contributed by atoms with Crippen LogP contribution in [0.2, 0.25) is 0 Å². The number of piperidine rings is 2. The Hall–Kier alpha value is -6.65. The number of oxazole rings is 2.